The Morgan fingerprint density at radius 1 is 1.08 bits per heavy atom. The zero-order valence-corrected chi connectivity index (χ0v) is 15.2. The van der Waals surface area contributed by atoms with Crippen molar-refractivity contribution < 1.29 is 9.59 Å². The summed E-state index contributed by atoms with van der Waals surface area (Å²) >= 11 is 2.60. The van der Waals surface area contributed by atoms with Crippen molar-refractivity contribution in [2.45, 2.75) is 16.7 Å². The highest BCUT2D eigenvalue weighted by molar-refractivity contribution is 8.18. The fraction of sp³-hybridized carbons (Fsp3) is 0.100. The van der Waals surface area contributed by atoms with Crippen molar-refractivity contribution in [1.82, 2.24) is 4.90 Å². The molecule has 2 aromatic carbocycles. The van der Waals surface area contributed by atoms with Crippen LogP contribution in [0.4, 0.5) is 4.79 Å². The van der Waals surface area contributed by atoms with Crippen molar-refractivity contribution in [3.8, 4) is 12.3 Å². The van der Waals surface area contributed by atoms with Crippen molar-refractivity contribution >= 4 is 40.7 Å². The first kappa shape index (κ1) is 17.4. The number of benzene rings is 2. The molecule has 0 aromatic heterocycles. The van der Waals surface area contributed by atoms with E-state index in [0.717, 1.165) is 27.1 Å². The van der Waals surface area contributed by atoms with Crippen molar-refractivity contribution in [3.63, 3.8) is 0 Å². The Morgan fingerprint density at radius 3 is 2.28 bits per heavy atom. The molecule has 3 rings (SSSR count). The summed E-state index contributed by atoms with van der Waals surface area (Å²) < 4.78 is 0. The second-order valence-corrected chi connectivity index (χ2v) is 7.60. The number of carbonyl (C=O) groups is 2. The van der Waals surface area contributed by atoms with Gasteiger partial charge in [0, 0.05) is 9.79 Å². The largest absolute Gasteiger partial charge is 0.294 e. The molecule has 0 aliphatic carbocycles. The molecule has 1 saturated heterocycles. The van der Waals surface area contributed by atoms with Crippen LogP contribution in [-0.2, 0) is 4.79 Å². The van der Waals surface area contributed by atoms with Crippen molar-refractivity contribution in [2.24, 2.45) is 0 Å². The van der Waals surface area contributed by atoms with Gasteiger partial charge in [0.1, 0.15) is 0 Å². The van der Waals surface area contributed by atoms with Crippen LogP contribution in [0.1, 0.15) is 11.1 Å². The quantitative estimate of drug-likeness (QED) is 0.575. The van der Waals surface area contributed by atoms with E-state index in [2.05, 4.69) is 37.1 Å². The number of thioether (sulfide) groups is 1. The second kappa shape index (κ2) is 7.64. The molecule has 0 atom stereocenters. The maximum absolute atomic E-state index is 12.2. The lowest BCUT2D eigenvalue weighted by molar-refractivity contribution is -0.122. The summed E-state index contributed by atoms with van der Waals surface area (Å²) in [6.45, 7) is 2.07. The van der Waals surface area contributed by atoms with Crippen LogP contribution in [-0.4, -0.2) is 22.6 Å². The van der Waals surface area contributed by atoms with E-state index in [1.54, 1.807) is 17.8 Å². The number of nitrogens with zero attached hydrogens (tertiary/aromatic N) is 1. The third kappa shape index (κ3) is 4.16. The lowest BCUT2D eigenvalue weighted by atomic mass is 10.2. The van der Waals surface area contributed by atoms with Crippen LogP contribution >= 0.6 is 23.5 Å². The van der Waals surface area contributed by atoms with Gasteiger partial charge in [0.05, 0.1) is 11.4 Å². The van der Waals surface area contributed by atoms with Gasteiger partial charge in [-0.1, -0.05) is 47.5 Å². The fourth-order valence-corrected chi connectivity index (χ4v) is 3.91. The first-order valence-corrected chi connectivity index (χ1v) is 9.23. The van der Waals surface area contributed by atoms with Crippen molar-refractivity contribution in [1.29, 1.82) is 0 Å². The van der Waals surface area contributed by atoms with Gasteiger partial charge in [-0.15, -0.1) is 6.42 Å². The number of amides is 2. The molecule has 0 N–H and O–H groups in total. The minimum atomic E-state index is -0.328. The first-order chi connectivity index (χ1) is 12.1. The highest BCUT2D eigenvalue weighted by Gasteiger charge is 2.34. The van der Waals surface area contributed by atoms with E-state index in [4.69, 9.17) is 6.42 Å². The third-order valence-corrected chi connectivity index (χ3v) is 5.48. The van der Waals surface area contributed by atoms with Gasteiger partial charge in [0.2, 0.25) is 0 Å². The number of aryl methyl sites for hydroxylation is 1. The predicted molar refractivity (Wildman–Crippen MR) is 103 cm³/mol. The van der Waals surface area contributed by atoms with Gasteiger partial charge in [0.25, 0.3) is 11.1 Å². The average molecular weight is 365 g/mol. The molecule has 25 heavy (non-hydrogen) atoms. The average Bonchev–Trinajstić information content (AvgIpc) is 2.86. The summed E-state index contributed by atoms with van der Waals surface area (Å²) in [7, 11) is 0. The number of rotatable bonds is 4. The molecule has 1 aliphatic rings. The van der Waals surface area contributed by atoms with Gasteiger partial charge in [-0.25, -0.2) is 0 Å². The molecule has 2 amide bonds. The van der Waals surface area contributed by atoms with E-state index in [0.29, 0.717) is 4.91 Å². The van der Waals surface area contributed by atoms with Crippen LogP contribution < -0.4 is 0 Å². The first-order valence-electron chi connectivity index (χ1n) is 7.60. The lowest BCUT2D eigenvalue weighted by Crippen LogP contribution is -2.28. The Morgan fingerprint density at radius 2 is 1.68 bits per heavy atom. The zero-order valence-electron chi connectivity index (χ0n) is 13.6. The molecule has 0 bridgehead atoms. The summed E-state index contributed by atoms with van der Waals surface area (Å²) in [6, 6.07) is 16.2. The van der Waals surface area contributed by atoms with E-state index >= 15 is 0 Å². The second-order valence-electron chi connectivity index (χ2n) is 5.46. The van der Waals surface area contributed by atoms with Gasteiger partial charge in [-0.3, -0.25) is 14.5 Å². The van der Waals surface area contributed by atoms with Gasteiger partial charge >= 0.3 is 0 Å². The molecule has 1 aliphatic heterocycles. The molecule has 1 fully saturated rings. The number of imide groups is 1. The van der Waals surface area contributed by atoms with Crippen LogP contribution in [0.5, 0.6) is 0 Å². The molecule has 0 radical (unpaired) electrons. The number of carbonyl (C=O) groups excluding carboxylic acids is 2. The van der Waals surface area contributed by atoms with Gasteiger partial charge in [-0.2, -0.15) is 0 Å². The van der Waals surface area contributed by atoms with Crippen LogP contribution in [0.25, 0.3) is 6.08 Å². The summed E-state index contributed by atoms with van der Waals surface area (Å²) in [5.74, 6) is 2.00. The molecular weight excluding hydrogens is 350 g/mol. The van der Waals surface area contributed by atoms with Crippen molar-refractivity contribution in [2.75, 3.05) is 6.54 Å². The molecule has 1 heterocycles. The van der Waals surface area contributed by atoms with Crippen LogP contribution in [0, 0.1) is 19.3 Å². The SMILES string of the molecule is C#CCN1C(=O)S/C(=C\c2ccc(Sc3ccc(C)cc3)cc2)C1=O. The number of terminal acetylenes is 1. The molecule has 2 aromatic rings. The molecule has 0 unspecified atom stereocenters. The number of hydrogen-bond acceptors (Lipinski definition) is 4. The maximum Gasteiger partial charge on any atom is 0.294 e. The van der Waals surface area contributed by atoms with Gasteiger partial charge < -0.3 is 0 Å². The van der Waals surface area contributed by atoms with E-state index in [-0.39, 0.29) is 17.7 Å². The van der Waals surface area contributed by atoms with E-state index in [9.17, 15) is 9.59 Å². The van der Waals surface area contributed by atoms with Crippen LogP contribution in [0.15, 0.2) is 63.2 Å². The molecular formula is C20H15NO2S2. The molecule has 5 heteroatoms. The lowest BCUT2D eigenvalue weighted by Gasteiger charge is -2.06. The molecule has 124 valence electrons. The van der Waals surface area contributed by atoms with Gasteiger partial charge in [-0.05, 0) is 54.6 Å². The monoisotopic (exact) mass is 365 g/mol. The minimum Gasteiger partial charge on any atom is -0.268 e. The van der Waals surface area contributed by atoms with E-state index < -0.39 is 0 Å². The van der Waals surface area contributed by atoms with E-state index in [1.165, 1.54) is 10.5 Å². The minimum absolute atomic E-state index is 0.00807. The smallest absolute Gasteiger partial charge is 0.268 e. The summed E-state index contributed by atoms with van der Waals surface area (Å²) in [6.07, 6.45) is 6.92. The Bertz CT molecular complexity index is 877. The maximum atomic E-state index is 12.2. The topological polar surface area (TPSA) is 37.4 Å². The van der Waals surface area contributed by atoms with Crippen LogP contribution in [0.2, 0.25) is 0 Å². The Hall–Kier alpha value is -2.42. The molecule has 0 saturated carbocycles. The van der Waals surface area contributed by atoms with Gasteiger partial charge in [0.15, 0.2) is 0 Å². The Kier molecular flexibility index (Phi) is 5.32. The molecule has 3 nitrogen and oxygen atoms in total. The third-order valence-electron chi connectivity index (χ3n) is 3.56. The summed E-state index contributed by atoms with van der Waals surface area (Å²) in [4.78, 5) is 27.7. The Balaban J connectivity index is 1.72. The normalized spacial score (nSPS) is 15.7. The van der Waals surface area contributed by atoms with Crippen molar-refractivity contribution in [3.05, 3.63) is 64.6 Å². The standard InChI is InChI=1S/C20H15NO2S2/c1-3-12-21-19(22)18(25-20(21)23)13-15-6-10-17(11-7-15)24-16-8-4-14(2)5-9-16/h1,4-11,13H,12H2,2H3/b18-13-. The Labute approximate surface area is 155 Å². The summed E-state index contributed by atoms with van der Waals surface area (Å²) in [5.41, 5.74) is 2.11. The number of hydrogen-bond donors (Lipinski definition) is 0. The highest BCUT2D eigenvalue weighted by Crippen LogP contribution is 2.33. The van der Waals surface area contributed by atoms with Crippen LogP contribution in [0.3, 0.4) is 0 Å². The highest BCUT2D eigenvalue weighted by atomic mass is 32.2. The molecule has 0 spiro atoms. The predicted octanol–water partition coefficient (Wildman–Crippen LogP) is 4.82. The zero-order chi connectivity index (χ0) is 17.8. The van der Waals surface area contributed by atoms with E-state index in [1.807, 2.05) is 24.3 Å². The fourth-order valence-electron chi connectivity index (χ4n) is 2.25. The summed E-state index contributed by atoms with van der Waals surface area (Å²) in [5, 5.41) is -0.319.